The molecule has 52 heavy (non-hydrogen) atoms. The van der Waals surface area contributed by atoms with Crippen LogP contribution in [0.3, 0.4) is 0 Å². The van der Waals surface area contributed by atoms with E-state index < -0.39 is 5.41 Å². The topological polar surface area (TPSA) is 29.0 Å². The van der Waals surface area contributed by atoms with Crippen molar-refractivity contribution in [3.8, 4) is 33.4 Å². The molecule has 0 radical (unpaired) electrons. The lowest BCUT2D eigenvalue weighted by molar-refractivity contribution is 0.794. The molecule has 3 heteroatoms. The van der Waals surface area contributed by atoms with E-state index in [1.807, 2.05) is 30.9 Å². The summed E-state index contributed by atoms with van der Waals surface area (Å²) in [5.74, 6) is 0. The largest absolute Gasteiger partial charge is 0.310 e. The summed E-state index contributed by atoms with van der Waals surface area (Å²) >= 11 is 0. The number of benzene rings is 7. The lowest BCUT2D eigenvalue weighted by Gasteiger charge is -2.36. The van der Waals surface area contributed by atoms with Crippen molar-refractivity contribution < 1.29 is 0 Å². The molecule has 2 aliphatic rings. The molecule has 0 N–H and O–H groups in total. The number of para-hydroxylation sites is 1. The van der Waals surface area contributed by atoms with Crippen molar-refractivity contribution in [2.75, 3.05) is 4.90 Å². The molecule has 242 valence electrons. The van der Waals surface area contributed by atoms with E-state index in [-0.39, 0.29) is 0 Å². The SMILES string of the molecule is c1ccc(N(c2ccc3ccncc3c2)c2ccc(-c3cccnc3)c3c2C2(c4ccccc4-c4ccccc42)c2cc4ccccc4cc2-3)cc1. The van der Waals surface area contributed by atoms with Gasteiger partial charge >= 0.3 is 0 Å². The molecule has 2 heterocycles. The Morgan fingerprint density at radius 3 is 1.88 bits per heavy atom. The number of rotatable bonds is 4. The third-order valence-electron chi connectivity index (χ3n) is 11.2. The first-order chi connectivity index (χ1) is 25.8. The molecule has 2 aliphatic carbocycles. The van der Waals surface area contributed by atoms with Gasteiger partial charge in [0.25, 0.3) is 0 Å². The first-order valence-electron chi connectivity index (χ1n) is 17.8. The summed E-state index contributed by atoms with van der Waals surface area (Å²) in [5.41, 5.74) is 15.3. The summed E-state index contributed by atoms with van der Waals surface area (Å²) in [7, 11) is 0. The summed E-state index contributed by atoms with van der Waals surface area (Å²) in [4.78, 5) is 11.6. The van der Waals surface area contributed by atoms with E-state index in [9.17, 15) is 0 Å². The predicted octanol–water partition coefficient (Wildman–Crippen LogP) is 12.3. The van der Waals surface area contributed by atoms with Gasteiger partial charge in [-0.05, 0) is 115 Å². The maximum Gasteiger partial charge on any atom is 0.0746 e. The van der Waals surface area contributed by atoms with E-state index in [2.05, 4.69) is 173 Å². The summed E-state index contributed by atoms with van der Waals surface area (Å²) in [6.07, 6.45) is 7.68. The Morgan fingerprint density at radius 1 is 0.404 bits per heavy atom. The molecule has 0 atom stereocenters. The van der Waals surface area contributed by atoms with Crippen molar-refractivity contribution in [1.82, 2.24) is 9.97 Å². The molecule has 0 unspecified atom stereocenters. The summed E-state index contributed by atoms with van der Waals surface area (Å²) < 4.78 is 0. The van der Waals surface area contributed by atoms with Crippen molar-refractivity contribution in [3.63, 3.8) is 0 Å². The lowest BCUT2D eigenvalue weighted by Crippen LogP contribution is -2.28. The molecular weight excluding hydrogens is 631 g/mol. The molecule has 0 aliphatic heterocycles. The van der Waals surface area contributed by atoms with Gasteiger partial charge in [0.2, 0.25) is 0 Å². The van der Waals surface area contributed by atoms with Crippen LogP contribution in [0.1, 0.15) is 22.3 Å². The second kappa shape index (κ2) is 11.1. The molecule has 2 aromatic heterocycles. The van der Waals surface area contributed by atoms with E-state index in [0.29, 0.717) is 0 Å². The fraction of sp³-hybridized carbons (Fsp3) is 0.0204. The quantitative estimate of drug-likeness (QED) is 0.188. The zero-order valence-electron chi connectivity index (χ0n) is 28.2. The summed E-state index contributed by atoms with van der Waals surface area (Å²) in [6, 6.07) is 60.3. The fourth-order valence-corrected chi connectivity index (χ4v) is 9.10. The Labute approximate surface area is 302 Å². The normalized spacial score (nSPS) is 13.2. The Morgan fingerprint density at radius 2 is 1.12 bits per heavy atom. The maximum atomic E-state index is 4.62. The van der Waals surface area contributed by atoms with Gasteiger partial charge in [-0.3, -0.25) is 9.97 Å². The van der Waals surface area contributed by atoms with Crippen LogP contribution in [-0.4, -0.2) is 9.97 Å². The van der Waals surface area contributed by atoms with Gasteiger partial charge in [0.05, 0.1) is 11.1 Å². The van der Waals surface area contributed by atoms with E-state index in [1.54, 1.807) is 0 Å². The zero-order chi connectivity index (χ0) is 34.2. The third kappa shape index (κ3) is 3.96. The van der Waals surface area contributed by atoms with E-state index >= 15 is 0 Å². The monoisotopic (exact) mass is 661 g/mol. The lowest BCUT2D eigenvalue weighted by atomic mass is 9.69. The second-order valence-corrected chi connectivity index (χ2v) is 13.8. The van der Waals surface area contributed by atoms with Gasteiger partial charge in [-0.1, -0.05) is 109 Å². The maximum absolute atomic E-state index is 4.62. The van der Waals surface area contributed by atoms with Crippen LogP contribution in [0.4, 0.5) is 17.1 Å². The Kier molecular flexibility index (Phi) is 6.17. The molecule has 7 aromatic carbocycles. The number of nitrogens with zero attached hydrogens (tertiary/aromatic N) is 3. The molecule has 9 aromatic rings. The van der Waals surface area contributed by atoms with Crippen molar-refractivity contribution >= 4 is 38.6 Å². The molecule has 11 rings (SSSR count). The molecule has 0 amide bonds. The minimum Gasteiger partial charge on any atom is -0.310 e. The molecule has 0 fully saturated rings. The smallest absolute Gasteiger partial charge is 0.0746 e. The first-order valence-corrected chi connectivity index (χ1v) is 17.8. The van der Waals surface area contributed by atoms with E-state index in [0.717, 1.165) is 33.4 Å². The number of anilines is 3. The standard InChI is InChI=1S/C49H31N3/c1-2-14-37(15-3-1)52(38-21-20-32-24-26-51-31-36(32)27-38)46-23-22-39(35-13-10-25-50-30-35)47-42-28-33-11-4-5-12-34(33)29-45(42)49(48(46)47)43-18-8-6-16-40(43)41-17-7-9-19-44(41)49/h1-31H. The highest BCUT2D eigenvalue weighted by molar-refractivity contribution is 6.07. The number of aromatic nitrogens is 2. The van der Waals surface area contributed by atoms with Gasteiger partial charge in [0.1, 0.15) is 0 Å². The van der Waals surface area contributed by atoms with Crippen molar-refractivity contribution in [3.05, 3.63) is 211 Å². The molecular formula is C49H31N3. The molecule has 0 saturated heterocycles. The fourth-order valence-electron chi connectivity index (χ4n) is 9.10. The highest BCUT2D eigenvalue weighted by Crippen LogP contribution is 2.67. The number of hydrogen-bond donors (Lipinski definition) is 0. The Balaban J connectivity index is 1.35. The Bertz CT molecular complexity index is 2810. The van der Waals surface area contributed by atoms with Gasteiger partial charge < -0.3 is 4.90 Å². The molecule has 1 spiro atoms. The predicted molar refractivity (Wildman–Crippen MR) is 213 cm³/mol. The van der Waals surface area contributed by atoms with E-state index in [1.165, 1.54) is 60.8 Å². The molecule has 0 bridgehead atoms. The average Bonchev–Trinajstić information content (AvgIpc) is 3.68. The van der Waals surface area contributed by atoms with Crippen LogP contribution >= 0.6 is 0 Å². The number of hydrogen-bond acceptors (Lipinski definition) is 3. The molecule has 0 saturated carbocycles. The van der Waals surface area contributed by atoms with Gasteiger partial charge in [-0.15, -0.1) is 0 Å². The van der Waals surface area contributed by atoms with Crippen LogP contribution in [0, 0.1) is 0 Å². The highest BCUT2D eigenvalue weighted by Gasteiger charge is 2.54. The molecule has 3 nitrogen and oxygen atoms in total. The van der Waals surface area contributed by atoms with Crippen LogP contribution < -0.4 is 4.90 Å². The van der Waals surface area contributed by atoms with Crippen molar-refractivity contribution in [2.45, 2.75) is 5.41 Å². The highest BCUT2D eigenvalue weighted by atomic mass is 15.1. The Hall–Kier alpha value is -6.84. The summed E-state index contributed by atoms with van der Waals surface area (Å²) in [6.45, 7) is 0. The first kappa shape index (κ1) is 28.9. The van der Waals surface area contributed by atoms with Gasteiger partial charge in [0, 0.05) is 52.7 Å². The van der Waals surface area contributed by atoms with Crippen LogP contribution in [-0.2, 0) is 5.41 Å². The summed E-state index contributed by atoms with van der Waals surface area (Å²) in [5, 5.41) is 4.73. The van der Waals surface area contributed by atoms with Crippen molar-refractivity contribution in [2.24, 2.45) is 0 Å². The average molecular weight is 662 g/mol. The van der Waals surface area contributed by atoms with Gasteiger partial charge in [-0.2, -0.15) is 0 Å². The van der Waals surface area contributed by atoms with Gasteiger partial charge in [-0.25, -0.2) is 0 Å². The van der Waals surface area contributed by atoms with Gasteiger partial charge in [0.15, 0.2) is 0 Å². The van der Waals surface area contributed by atoms with Crippen LogP contribution in [0.25, 0.3) is 54.9 Å². The third-order valence-corrected chi connectivity index (χ3v) is 11.2. The number of pyridine rings is 2. The van der Waals surface area contributed by atoms with Crippen molar-refractivity contribution in [1.29, 1.82) is 0 Å². The zero-order valence-corrected chi connectivity index (χ0v) is 28.2. The number of fused-ring (bicyclic) bond motifs is 12. The van der Waals surface area contributed by atoms with Crippen LogP contribution in [0.15, 0.2) is 189 Å². The minimum absolute atomic E-state index is 0.582. The second-order valence-electron chi connectivity index (χ2n) is 13.8. The van der Waals surface area contributed by atoms with E-state index in [4.69, 9.17) is 0 Å². The minimum atomic E-state index is -0.582. The van der Waals surface area contributed by atoms with Crippen LogP contribution in [0.2, 0.25) is 0 Å². The van der Waals surface area contributed by atoms with Crippen LogP contribution in [0.5, 0.6) is 0 Å².